The van der Waals surface area contributed by atoms with Gasteiger partial charge in [-0.3, -0.25) is 4.98 Å². The molecule has 0 fully saturated rings. The zero-order valence-corrected chi connectivity index (χ0v) is 11.6. The maximum absolute atomic E-state index is 10.1. The number of pyridine rings is 1. The maximum Gasteiger partial charge on any atom is 0.186 e. The van der Waals surface area contributed by atoms with Gasteiger partial charge in [0.25, 0.3) is 0 Å². The van der Waals surface area contributed by atoms with Crippen LogP contribution in [-0.2, 0) is 22.5 Å². The van der Waals surface area contributed by atoms with Gasteiger partial charge < -0.3 is 14.6 Å². The summed E-state index contributed by atoms with van der Waals surface area (Å²) in [6.07, 6.45) is 0.260. The van der Waals surface area contributed by atoms with Crippen molar-refractivity contribution in [1.29, 1.82) is 0 Å². The monoisotopic (exact) mass is 271 g/mol. The molecule has 2 aromatic rings. The molecule has 1 atom stereocenters. The fourth-order valence-corrected chi connectivity index (χ4v) is 2.61. The number of ether oxygens (including phenoxy) is 2. The highest BCUT2D eigenvalue weighted by molar-refractivity contribution is 5.47. The molecule has 1 N–H and O–H groups in total. The molecule has 0 aliphatic carbocycles. The molecule has 4 nitrogen and oxygen atoms in total. The van der Waals surface area contributed by atoms with Gasteiger partial charge in [0.2, 0.25) is 0 Å². The molecular weight excluding hydrogens is 254 g/mol. The van der Waals surface area contributed by atoms with E-state index in [1.54, 1.807) is 7.11 Å². The number of benzene rings is 1. The van der Waals surface area contributed by atoms with Crippen LogP contribution < -0.4 is 0 Å². The Morgan fingerprint density at radius 3 is 2.80 bits per heavy atom. The van der Waals surface area contributed by atoms with Crippen LogP contribution in [0.15, 0.2) is 30.3 Å². The largest absolute Gasteiger partial charge is 0.506 e. The van der Waals surface area contributed by atoms with E-state index in [1.807, 2.05) is 25.1 Å². The van der Waals surface area contributed by atoms with Crippen molar-refractivity contribution < 1.29 is 14.6 Å². The predicted octanol–water partition coefficient (Wildman–Crippen LogP) is 2.86. The molecule has 1 aromatic carbocycles. The van der Waals surface area contributed by atoms with Crippen LogP contribution in [0.1, 0.15) is 34.4 Å². The number of aromatic nitrogens is 1. The van der Waals surface area contributed by atoms with Crippen LogP contribution in [0.25, 0.3) is 0 Å². The van der Waals surface area contributed by atoms with E-state index >= 15 is 0 Å². The summed E-state index contributed by atoms with van der Waals surface area (Å²) >= 11 is 0. The molecule has 3 rings (SSSR count). The van der Waals surface area contributed by atoms with Crippen LogP contribution in [0.3, 0.4) is 0 Å². The minimum atomic E-state index is -0.442. The van der Waals surface area contributed by atoms with Crippen molar-refractivity contribution in [3.05, 3.63) is 58.4 Å². The summed E-state index contributed by atoms with van der Waals surface area (Å²) in [4.78, 5) is 4.53. The van der Waals surface area contributed by atoms with Crippen molar-refractivity contribution in [2.75, 3.05) is 7.11 Å². The lowest BCUT2D eigenvalue weighted by Crippen LogP contribution is -2.07. The second kappa shape index (κ2) is 5.23. The second-order valence-corrected chi connectivity index (χ2v) is 4.93. The van der Waals surface area contributed by atoms with E-state index in [2.05, 4.69) is 17.1 Å². The van der Waals surface area contributed by atoms with E-state index in [0.717, 1.165) is 16.8 Å². The van der Waals surface area contributed by atoms with Crippen molar-refractivity contribution in [2.24, 2.45) is 0 Å². The zero-order chi connectivity index (χ0) is 14.1. The van der Waals surface area contributed by atoms with Crippen LogP contribution in [0.2, 0.25) is 0 Å². The number of hydrogen-bond acceptors (Lipinski definition) is 4. The van der Waals surface area contributed by atoms with Gasteiger partial charge in [-0.25, -0.2) is 0 Å². The van der Waals surface area contributed by atoms with Gasteiger partial charge in [0.1, 0.15) is 5.75 Å². The van der Waals surface area contributed by atoms with Crippen LogP contribution in [0.5, 0.6) is 5.75 Å². The van der Waals surface area contributed by atoms with Crippen LogP contribution >= 0.6 is 0 Å². The molecule has 2 heterocycles. The van der Waals surface area contributed by atoms with E-state index in [4.69, 9.17) is 9.47 Å². The van der Waals surface area contributed by atoms with Gasteiger partial charge in [-0.2, -0.15) is 0 Å². The summed E-state index contributed by atoms with van der Waals surface area (Å²) in [6.45, 7) is 2.18. The summed E-state index contributed by atoms with van der Waals surface area (Å²) in [5, 5.41) is 10.1. The minimum Gasteiger partial charge on any atom is -0.506 e. The number of rotatable bonds is 3. The highest BCUT2D eigenvalue weighted by Crippen LogP contribution is 2.39. The number of fused-ring (bicyclic) bond motifs is 1. The van der Waals surface area contributed by atoms with Crippen LogP contribution in [-0.4, -0.2) is 17.2 Å². The van der Waals surface area contributed by atoms with Crippen molar-refractivity contribution in [3.8, 4) is 5.75 Å². The first-order valence-corrected chi connectivity index (χ1v) is 6.60. The molecule has 20 heavy (non-hydrogen) atoms. The molecule has 1 aromatic heterocycles. The van der Waals surface area contributed by atoms with Crippen molar-refractivity contribution in [3.63, 3.8) is 0 Å². The number of aromatic hydroxyl groups is 1. The third-order valence-electron chi connectivity index (χ3n) is 3.61. The molecule has 1 aliphatic rings. The molecule has 1 unspecified atom stereocenters. The highest BCUT2D eigenvalue weighted by Gasteiger charge is 2.30. The molecule has 1 aliphatic heterocycles. The van der Waals surface area contributed by atoms with Gasteiger partial charge in [-0.15, -0.1) is 0 Å². The standard InChI is InChI=1S/C16H17NO3/c1-10-15(18)12-9-20-16(19-2)14(12)13(17-10)8-11-6-4-3-5-7-11/h3-7,16,18H,8-9H2,1-2H3. The average Bonchev–Trinajstić information content (AvgIpc) is 2.90. The summed E-state index contributed by atoms with van der Waals surface area (Å²) < 4.78 is 10.9. The third-order valence-corrected chi connectivity index (χ3v) is 3.61. The van der Waals surface area contributed by atoms with Gasteiger partial charge in [-0.1, -0.05) is 30.3 Å². The van der Waals surface area contributed by atoms with E-state index < -0.39 is 6.29 Å². The average molecular weight is 271 g/mol. The van der Waals surface area contributed by atoms with Gasteiger partial charge in [-0.05, 0) is 12.5 Å². The molecule has 0 spiro atoms. The van der Waals surface area contributed by atoms with E-state index in [0.29, 0.717) is 18.7 Å². The topological polar surface area (TPSA) is 51.6 Å². The molecular formula is C16H17NO3. The predicted molar refractivity (Wildman–Crippen MR) is 74.4 cm³/mol. The molecule has 0 amide bonds. The summed E-state index contributed by atoms with van der Waals surface area (Å²) in [5.74, 6) is 0.219. The lowest BCUT2D eigenvalue weighted by atomic mass is 10.0. The second-order valence-electron chi connectivity index (χ2n) is 4.93. The summed E-state index contributed by atoms with van der Waals surface area (Å²) in [5.41, 5.74) is 4.39. The Kier molecular flexibility index (Phi) is 3.42. The Hall–Kier alpha value is -1.91. The Morgan fingerprint density at radius 1 is 1.35 bits per heavy atom. The van der Waals surface area contributed by atoms with E-state index in [-0.39, 0.29) is 5.75 Å². The van der Waals surface area contributed by atoms with Crippen molar-refractivity contribution >= 4 is 0 Å². The number of aryl methyl sites for hydroxylation is 1. The molecule has 0 saturated heterocycles. The molecule has 104 valence electrons. The number of hydrogen-bond donors (Lipinski definition) is 1. The van der Waals surface area contributed by atoms with E-state index in [9.17, 15) is 5.11 Å². The molecule has 0 bridgehead atoms. The van der Waals surface area contributed by atoms with Crippen LogP contribution in [0.4, 0.5) is 0 Å². The number of nitrogens with zero attached hydrogens (tertiary/aromatic N) is 1. The van der Waals surface area contributed by atoms with Crippen LogP contribution in [0, 0.1) is 6.92 Å². The van der Waals surface area contributed by atoms with Gasteiger partial charge in [0, 0.05) is 24.7 Å². The number of methoxy groups -OCH3 is 1. The third kappa shape index (κ3) is 2.17. The lowest BCUT2D eigenvalue weighted by molar-refractivity contribution is -0.118. The van der Waals surface area contributed by atoms with E-state index in [1.165, 1.54) is 5.56 Å². The minimum absolute atomic E-state index is 0.219. The zero-order valence-electron chi connectivity index (χ0n) is 11.6. The van der Waals surface area contributed by atoms with Gasteiger partial charge in [0.15, 0.2) is 6.29 Å². The molecule has 0 radical (unpaired) electrons. The molecule has 4 heteroatoms. The maximum atomic E-state index is 10.1. The van der Waals surface area contributed by atoms with Gasteiger partial charge in [0.05, 0.1) is 18.0 Å². The molecule has 0 saturated carbocycles. The summed E-state index contributed by atoms with van der Waals surface area (Å²) in [6, 6.07) is 10.1. The fourth-order valence-electron chi connectivity index (χ4n) is 2.61. The van der Waals surface area contributed by atoms with Crippen molar-refractivity contribution in [1.82, 2.24) is 4.98 Å². The normalized spacial score (nSPS) is 17.2. The quantitative estimate of drug-likeness (QED) is 0.932. The Balaban J connectivity index is 2.07. The van der Waals surface area contributed by atoms with Gasteiger partial charge >= 0.3 is 0 Å². The first-order valence-electron chi connectivity index (χ1n) is 6.60. The smallest absolute Gasteiger partial charge is 0.186 e. The summed E-state index contributed by atoms with van der Waals surface area (Å²) in [7, 11) is 1.60. The lowest BCUT2D eigenvalue weighted by Gasteiger charge is -2.14. The SMILES string of the molecule is COC1OCc2c(O)c(C)nc(Cc3ccccc3)c21. The highest BCUT2D eigenvalue weighted by atomic mass is 16.7. The first kappa shape index (κ1) is 13.1. The van der Waals surface area contributed by atoms with Crippen molar-refractivity contribution in [2.45, 2.75) is 26.2 Å². The Morgan fingerprint density at radius 2 is 2.10 bits per heavy atom. The fraction of sp³-hybridized carbons (Fsp3) is 0.312. The Bertz CT molecular complexity index is 625. The Labute approximate surface area is 118 Å². The first-order chi connectivity index (χ1) is 9.70.